The molecule has 0 spiro atoms. The van der Waals surface area contributed by atoms with Crippen molar-refractivity contribution in [3.05, 3.63) is 29.8 Å². The van der Waals surface area contributed by atoms with Crippen LogP contribution in [0.2, 0.25) is 0 Å². The van der Waals surface area contributed by atoms with Crippen LogP contribution in [0, 0.1) is 0 Å². The zero-order valence-electron chi connectivity index (χ0n) is 15.0. The molecule has 1 aromatic rings. The van der Waals surface area contributed by atoms with Crippen molar-refractivity contribution in [3.63, 3.8) is 0 Å². The van der Waals surface area contributed by atoms with Crippen molar-refractivity contribution in [2.45, 2.75) is 57.7 Å². The molecule has 0 saturated heterocycles. The van der Waals surface area contributed by atoms with E-state index in [0.29, 0.717) is 17.7 Å². The Bertz CT molecular complexity index is 623. The molecule has 1 unspecified atom stereocenters. The Morgan fingerprint density at radius 1 is 1.15 bits per heavy atom. The fourth-order valence-electron chi connectivity index (χ4n) is 2.96. The van der Waals surface area contributed by atoms with E-state index in [-0.39, 0.29) is 12.0 Å². The van der Waals surface area contributed by atoms with Gasteiger partial charge in [-0.05, 0) is 43.5 Å². The van der Waals surface area contributed by atoms with Gasteiger partial charge in [-0.15, -0.1) is 0 Å². The van der Waals surface area contributed by atoms with Crippen LogP contribution in [-0.2, 0) is 14.3 Å². The summed E-state index contributed by atoms with van der Waals surface area (Å²) < 4.78 is 5.96. The summed E-state index contributed by atoms with van der Waals surface area (Å²) in [6.07, 6.45) is 5.79. The zero-order chi connectivity index (χ0) is 18.9. The second kappa shape index (κ2) is 9.91. The second-order valence-corrected chi connectivity index (χ2v) is 6.44. The van der Waals surface area contributed by atoms with Crippen LogP contribution >= 0.6 is 0 Å². The lowest BCUT2D eigenvalue weighted by Gasteiger charge is -2.26. The van der Waals surface area contributed by atoms with Crippen LogP contribution in [0.25, 0.3) is 0 Å². The third kappa shape index (κ3) is 6.15. The smallest absolute Gasteiger partial charge is 0.322 e. The van der Waals surface area contributed by atoms with Crippen molar-refractivity contribution < 1.29 is 24.2 Å². The summed E-state index contributed by atoms with van der Waals surface area (Å²) in [5.74, 6) is -1.77. The lowest BCUT2D eigenvalue weighted by Crippen LogP contribution is -2.34. The molecule has 7 nitrogen and oxygen atoms in total. The molecule has 0 aromatic heterocycles. The fourth-order valence-corrected chi connectivity index (χ4v) is 2.96. The van der Waals surface area contributed by atoms with Gasteiger partial charge in [0.25, 0.3) is 11.8 Å². The molecular formula is C19H26N2O5. The number of rotatable bonds is 8. The molecule has 0 bridgehead atoms. The molecule has 0 heterocycles. The highest BCUT2D eigenvalue weighted by atomic mass is 16.5. The maximum atomic E-state index is 12.4. The number of amides is 2. The van der Waals surface area contributed by atoms with Crippen LogP contribution in [0.5, 0.6) is 0 Å². The van der Waals surface area contributed by atoms with E-state index in [4.69, 9.17) is 9.84 Å². The minimum atomic E-state index is -1.11. The van der Waals surface area contributed by atoms with Crippen molar-refractivity contribution in [3.8, 4) is 0 Å². The van der Waals surface area contributed by atoms with E-state index < -0.39 is 24.5 Å². The molecule has 1 fully saturated rings. The molecule has 1 saturated carbocycles. The fraction of sp³-hybridized carbons (Fsp3) is 0.526. The van der Waals surface area contributed by atoms with Crippen LogP contribution in [-0.4, -0.2) is 41.6 Å². The van der Waals surface area contributed by atoms with Crippen LogP contribution in [0.4, 0.5) is 5.69 Å². The van der Waals surface area contributed by atoms with E-state index >= 15 is 0 Å². The SMILES string of the molecule is CCC(OC1CCCCC1)C(=O)Nc1ccc(C(=O)NCC(=O)O)cc1. The minimum absolute atomic E-state index is 0.153. The third-order valence-electron chi connectivity index (χ3n) is 4.39. The monoisotopic (exact) mass is 362 g/mol. The summed E-state index contributed by atoms with van der Waals surface area (Å²) in [6.45, 7) is 1.48. The Balaban J connectivity index is 1.88. The molecular weight excluding hydrogens is 336 g/mol. The molecule has 2 amide bonds. The van der Waals surface area contributed by atoms with E-state index in [9.17, 15) is 14.4 Å². The number of carboxylic acid groups (broad SMARTS) is 1. The van der Waals surface area contributed by atoms with Crippen LogP contribution < -0.4 is 10.6 Å². The lowest BCUT2D eigenvalue weighted by molar-refractivity contribution is -0.135. The van der Waals surface area contributed by atoms with Crippen molar-refractivity contribution in [1.29, 1.82) is 0 Å². The highest BCUT2D eigenvalue weighted by Gasteiger charge is 2.23. The molecule has 1 aliphatic carbocycles. The predicted molar refractivity (Wildman–Crippen MR) is 97.1 cm³/mol. The van der Waals surface area contributed by atoms with Crippen LogP contribution in [0.15, 0.2) is 24.3 Å². The van der Waals surface area contributed by atoms with Gasteiger partial charge in [0.15, 0.2) is 0 Å². The van der Waals surface area contributed by atoms with Gasteiger partial charge in [0, 0.05) is 11.3 Å². The highest BCUT2D eigenvalue weighted by Crippen LogP contribution is 2.22. The second-order valence-electron chi connectivity index (χ2n) is 6.44. The van der Waals surface area contributed by atoms with Crippen molar-refractivity contribution in [2.24, 2.45) is 0 Å². The van der Waals surface area contributed by atoms with E-state index in [1.165, 1.54) is 18.6 Å². The Morgan fingerprint density at radius 3 is 2.38 bits per heavy atom. The van der Waals surface area contributed by atoms with E-state index in [2.05, 4.69) is 10.6 Å². The number of anilines is 1. The number of aliphatic carboxylic acids is 1. The largest absolute Gasteiger partial charge is 0.480 e. The molecule has 7 heteroatoms. The molecule has 1 aromatic carbocycles. The van der Waals surface area contributed by atoms with Gasteiger partial charge in [0.2, 0.25) is 0 Å². The van der Waals surface area contributed by atoms with E-state index in [0.717, 1.165) is 25.7 Å². The Labute approximate surface area is 153 Å². The summed E-state index contributed by atoms with van der Waals surface area (Å²) in [5, 5.41) is 13.7. The average Bonchev–Trinajstić information content (AvgIpc) is 2.65. The number of benzene rings is 1. The highest BCUT2D eigenvalue weighted by molar-refractivity contribution is 5.97. The number of carbonyl (C=O) groups excluding carboxylic acids is 2. The van der Waals surface area contributed by atoms with Gasteiger partial charge < -0.3 is 20.5 Å². The normalized spacial score (nSPS) is 15.9. The molecule has 1 aliphatic rings. The number of hydrogen-bond acceptors (Lipinski definition) is 4. The van der Waals surface area contributed by atoms with Gasteiger partial charge in [0.1, 0.15) is 12.6 Å². The van der Waals surface area contributed by atoms with Gasteiger partial charge in [-0.2, -0.15) is 0 Å². The molecule has 3 N–H and O–H groups in total. The number of carboxylic acids is 1. The first-order chi connectivity index (χ1) is 12.5. The van der Waals surface area contributed by atoms with Gasteiger partial charge in [-0.3, -0.25) is 14.4 Å². The number of carbonyl (C=O) groups is 3. The summed E-state index contributed by atoms with van der Waals surface area (Å²) in [5.41, 5.74) is 0.894. The summed E-state index contributed by atoms with van der Waals surface area (Å²) in [6, 6.07) is 6.30. The molecule has 142 valence electrons. The zero-order valence-corrected chi connectivity index (χ0v) is 15.0. The summed E-state index contributed by atoms with van der Waals surface area (Å²) in [4.78, 5) is 34.7. The van der Waals surface area contributed by atoms with Crippen LogP contribution in [0.3, 0.4) is 0 Å². The minimum Gasteiger partial charge on any atom is -0.480 e. The van der Waals surface area contributed by atoms with Crippen molar-refractivity contribution >= 4 is 23.5 Å². The Hall–Kier alpha value is -2.41. The van der Waals surface area contributed by atoms with Crippen molar-refractivity contribution in [2.75, 3.05) is 11.9 Å². The van der Waals surface area contributed by atoms with Gasteiger partial charge in [-0.1, -0.05) is 26.2 Å². The average molecular weight is 362 g/mol. The first kappa shape index (κ1) is 19.9. The van der Waals surface area contributed by atoms with E-state index in [1.807, 2.05) is 6.92 Å². The van der Waals surface area contributed by atoms with Gasteiger partial charge in [-0.25, -0.2) is 0 Å². The van der Waals surface area contributed by atoms with Crippen molar-refractivity contribution in [1.82, 2.24) is 5.32 Å². The van der Waals surface area contributed by atoms with E-state index in [1.54, 1.807) is 12.1 Å². The number of ether oxygens (including phenoxy) is 1. The predicted octanol–water partition coefficient (Wildman–Crippen LogP) is 2.57. The maximum Gasteiger partial charge on any atom is 0.322 e. The van der Waals surface area contributed by atoms with Gasteiger partial charge >= 0.3 is 5.97 Å². The van der Waals surface area contributed by atoms with Gasteiger partial charge in [0.05, 0.1) is 6.10 Å². The third-order valence-corrected chi connectivity index (χ3v) is 4.39. The lowest BCUT2D eigenvalue weighted by atomic mass is 9.97. The molecule has 0 radical (unpaired) electrons. The number of nitrogens with one attached hydrogen (secondary N) is 2. The number of hydrogen-bond donors (Lipinski definition) is 3. The first-order valence-electron chi connectivity index (χ1n) is 9.06. The summed E-state index contributed by atoms with van der Waals surface area (Å²) >= 11 is 0. The maximum absolute atomic E-state index is 12.4. The Morgan fingerprint density at radius 2 is 1.81 bits per heavy atom. The van der Waals surface area contributed by atoms with Crippen LogP contribution in [0.1, 0.15) is 55.8 Å². The quantitative estimate of drug-likeness (QED) is 0.659. The summed E-state index contributed by atoms with van der Waals surface area (Å²) in [7, 11) is 0. The molecule has 1 atom stereocenters. The standard InChI is InChI=1S/C19H26N2O5/c1-2-16(26-15-6-4-3-5-7-15)19(25)21-14-10-8-13(9-11-14)18(24)20-12-17(22)23/h8-11,15-16H,2-7,12H2,1H3,(H,20,24)(H,21,25)(H,22,23). The molecule has 0 aliphatic heterocycles. The first-order valence-corrected chi connectivity index (χ1v) is 9.06. The topological polar surface area (TPSA) is 105 Å². The molecule has 2 rings (SSSR count). The molecule has 26 heavy (non-hydrogen) atoms. The Kier molecular flexibility index (Phi) is 7.59.